The first-order chi connectivity index (χ1) is 14.5. The number of fused-ring (bicyclic) bond motifs is 1. The Morgan fingerprint density at radius 3 is 2.60 bits per heavy atom. The Kier molecular flexibility index (Phi) is 5.62. The molecular formula is C21H18BrN7O. The van der Waals surface area contributed by atoms with Gasteiger partial charge in [0.2, 0.25) is 0 Å². The highest BCUT2D eigenvalue weighted by Crippen LogP contribution is 2.21. The lowest BCUT2D eigenvalue weighted by Crippen LogP contribution is -2.31. The smallest absolute Gasteiger partial charge is 0.254 e. The Balaban J connectivity index is 1.67. The Morgan fingerprint density at radius 2 is 1.87 bits per heavy atom. The monoisotopic (exact) mass is 463 g/mol. The van der Waals surface area contributed by atoms with Gasteiger partial charge in [-0.2, -0.15) is 5.10 Å². The molecule has 0 spiro atoms. The maximum absolute atomic E-state index is 13.4. The number of nitrogens with zero attached hydrogens (tertiary/aromatic N) is 6. The van der Waals surface area contributed by atoms with Crippen molar-refractivity contribution in [3.63, 3.8) is 0 Å². The Hall–Kier alpha value is -3.46. The van der Waals surface area contributed by atoms with Crippen LogP contribution in [0.5, 0.6) is 0 Å². The van der Waals surface area contributed by atoms with Crippen molar-refractivity contribution in [1.29, 1.82) is 0 Å². The molecule has 0 aliphatic heterocycles. The van der Waals surface area contributed by atoms with Crippen molar-refractivity contribution in [3.8, 4) is 0 Å². The molecule has 0 radical (unpaired) electrons. The molecule has 1 amide bonds. The number of carbonyl (C=O) groups is 1. The third kappa shape index (κ3) is 4.41. The van der Waals surface area contributed by atoms with Crippen LogP contribution in [0.25, 0.3) is 10.9 Å². The van der Waals surface area contributed by atoms with Crippen LogP contribution >= 0.6 is 15.9 Å². The van der Waals surface area contributed by atoms with Gasteiger partial charge in [0, 0.05) is 23.3 Å². The van der Waals surface area contributed by atoms with Gasteiger partial charge in [-0.15, -0.1) is 5.10 Å². The second-order valence-electron chi connectivity index (χ2n) is 6.77. The highest BCUT2D eigenvalue weighted by atomic mass is 79.9. The summed E-state index contributed by atoms with van der Waals surface area (Å²) in [6.45, 7) is 2.41. The fourth-order valence-corrected chi connectivity index (χ4v) is 3.23. The molecule has 30 heavy (non-hydrogen) atoms. The van der Waals surface area contributed by atoms with Gasteiger partial charge in [-0.25, -0.2) is 15.0 Å². The van der Waals surface area contributed by atoms with Crippen LogP contribution in [0.4, 0.5) is 5.82 Å². The fourth-order valence-electron chi connectivity index (χ4n) is 3.02. The van der Waals surface area contributed by atoms with Gasteiger partial charge in [0.05, 0.1) is 24.3 Å². The summed E-state index contributed by atoms with van der Waals surface area (Å²) < 4.78 is 0.632. The molecule has 3 heterocycles. The highest BCUT2D eigenvalue weighted by molar-refractivity contribution is 9.10. The molecular weight excluding hydrogens is 446 g/mol. The normalized spacial score (nSPS) is 10.9. The van der Waals surface area contributed by atoms with Crippen molar-refractivity contribution in [2.24, 2.45) is 0 Å². The van der Waals surface area contributed by atoms with E-state index in [2.05, 4.69) is 41.1 Å². The summed E-state index contributed by atoms with van der Waals surface area (Å²) in [5.74, 6) is 0.865. The van der Waals surface area contributed by atoms with Crippen LogP contribution in [0.15, 0.2) is 59.5 Å². The predicted molar refractivity (Wildman–Crippen MR) is 116 cm³/mol. The minimum Gasteiger partial charge on any atom is -0.383 e. The molecule has 1 aromatic carbocycles. The van der Waals surface area contributed by atoms with E-state index in [1.807, 2.05) is 25.1 Å². The molecule has 0 atom stereocenters. The Morgan fingerprint density at radius 1 is 1.07 bits per heavy atom. The van der Waals surface area contributed by atoms with Crippen molar-refractivity contribution in [2.75, 3.05) is 5.73 Å². The molecule has 3 aromatic heterocycles. The number of halogens is 1. The second kappa shape index (κ2) is 8.50. The summed E-state index contributed by atoms with van der Waals surface area (Å²) in [7, 11) is 0. The van der Waals surface area contributed by atoms with Crippen molar-refractivity contribution >= 4 is 38.6 Å². The molecule has 4 aromatic rings. The molecule has 0 unspecified atom stereocenters. The number of carbonyl (C=O) groups excluding carboxylic acids is 1. The van der Waals surface area contributed by atoms with Gasteiger partial charge in [-0.1, -0.05) is 0 Å². The second-order valence-corrected chi connectivity index (χ2v) is 7.58. The van der Waals surface area contributed by atoms with Crippen LogP contribution in [-0.2, 0) is 13.1 Å². The molecule has 0 aliphatic rings. The number of pyridine rings is 1. The molecule has 2 N–H and O–H groups in total. The Labute approximate surface area is 181 Å². The fraction of sp³-hybridized carbons (Fsp3) is 0.143. The van der Waals surface area contributed by atoms with E-state index in [4.69, 9.17) is 5.73 Å². The minimum absolute atomic E-state index is 0.163. The van der Waals surface area contributed by atoms with Gasteiger partial charge in [-0.3, -0.25) is 4.79 Å². The number of aromatic nitrogens is 5. The first-order valence-electron chi connectivity index (χ1n) is 9.20. The molecule has 0 aliphatic carbocycles. The van der Waals surface area contributed by atoms with Crippen LogP contribution in [0, 0.1) is 6.92 Å². The topological polar surface area (TPSA) is 111 Å². The van der Waals surface area contributed by atoms with Gasteiger partial charge >= 0.3 is 0 Å². The summed E-state index contributed by atoms with van der Waals surface area (Å²) in [5.41, 5.74) is 8.70. The quantitative estimate of drug-likeness (QED) is 0.483. The predicted octanol–water partition coefficient (Wildman–Crippen LogP) is 3.31. The number of rotatable bonds is 5. The number of hydrogen-bond acceptors (Lipinski definition) is 7. The lowest BCUT2D eigenvalue weighted by atomic mass is 10.1. The minimum atomic E-state index is -0.163. The number of nitrogens with two attached hydrogens (primary N) is 1. The number of benzene rings is 1. The number of amides is 1. The first kappa shape index (κ1) is 19.8. The van der Waals surface area contributed by atoms with Crippen molar-refractivity contribution in [3.05, 3.63) is 82.1 Å². The van der Waals surface area contributed by atoms with Gasteiger partial charge in [0.15, 0.2) is 0 Å². The number of nitrogen functional groups attached to an aromatic ring is 1. The largest absolute Gasteiger partial charge is 0.383 e. The lowest BCUT2D eigenvalue weighted by molar-refractivity contribution is 0.0723. The Bertz CT molecular complexity index is 1200. The summed E-state index contributed by atoms with van der Waals surface area (Å²) >= 11 is 3.28. The van der Waals surface area contributed by atoms with E-state index >= 15 is 0 Å². The zero-order valence-corrected chi connectivity index (χ0v) is 17.7. The van der Waals surface area contributed by atoms with Crippen LogP contribution in [0.2, 0.25) is 0 Å². The van der Waals surface area contributed by atoms with Gasteiger partial charge in [0.25, 0.3) is 5.91 Å². The molecule has 4 rings (SSSR count). The average Bonchev–Trinajstić information content (AvgIpc) is 2.75. The summed E-state index contributed by atoms with van der Waals surface area (Å²) in [6, 6.07) is 12.6. The summed E-state index contributed by atoms with van der Waals surface area (Å²) in [5, 5.41) is 9.01. The van der Waals surface area contributed by atoms with Gasteiger partial charge in [0.1, 0.15) is 16.2 Å². The third-order valence-corrected chi connectivity index (χ3v) is 4.99. The van der Waals surface area contributed by atoms with E-state index in [1.54, 1.807) is 41.6 Å². The summed E-state index contributed by atoms with van der Waals surface area (Å²) in [4.78, 5) is 27.9. The average molecular weight is 464 g/mol. The SMILES string of the molecule is Cc1cc2cc(C(=O)N(Cc3ccc(Br)nn3)Cc3ncccn3)ccc2nc1N. The van der Waals surface area contributed by atoms with E-state index in [0.29, 0.717) is 27.5 Å². The van der Waals surface area contributed by atoms with Gasteiger partial charge in [-0.05, 0) is 70.9 Å². The zero-order chi connectivity index (χ0) is 21.1. The zero-order valence-electron chi connectivity index (χ0n) is 16.2. The molecule has 0 bridgehead atoms. The molecule has 150 valence electrons. The van der Waals surface area contributed by atoms with Crippen LogP contribution in [0.3, 0.4) is 0 Å². The van der Waals surface area contributed by atoms with Crippen molar-refractivity contribution < 1.29 is 4.79 Å². The van der Waals surface area contributed by atoms with Crippen LogP contribution in [-0.4, -0.2) is 36.0 Å². The lowest BCUT2D eigenvalue weighted by Gasteiger charge is -2.22. The van der Waals surface area contributed by atoms with Crippen molar-refractivity contribution in [1.82, 2.24) is 30.0 Å². The van der Waals surface area contributed by atoms with Crippen LogP contribution < -0.4 is 5.73 Å². The first-order valence-corrected chi connectivity index (χ1v) is 9.99. The van der Waals surface area contributed by atoms with E-state index in [1.165, 1.54) is 0 Å². The maximum atomic E-state index is 13.4. The summed E-state index contributed by atoms with van der Waals surface area (Å²) in [6.07, 6.45) is 3.30. The molecule has 0 fully saturated rings. The van der Waals surface area contributed by atoms with Crippen LogP contribution in [0.1, 0.15) is 27.4 Å². The number of hydrogen-bond donors (Lipinski definition) is 1. The van der Waals surface area contributed by atoms with E-state index in [9.17, 15) is 4.79 Å². The maximum Gasteiger partial charge on any atom is 0.254 e. The van der Waals surface area contributed by atoms with Crippen molar-refractivity contribution in [2.45, 2.75) is 20.0 Å². The van der Waals surface area contributed by atoms with E-state index < -0.39 is 0 Å². The molecule has 0 saturated heterocycles. The van der Waals surface area contributed by atoms with E-state index in [0.717, 1.165) is 16.5 Å². The number of aryl methyl sites for hydroxylation is 1. The highest BCUT2D eigenvalue weighted by Gasteiger charge is 2.19. The number of anilines is 1. The molecule has 8 nitrogen and oxygen atoms in total. The standard InChI is InChI=1S/C21H18BrN7O/c1-13-9-15-10-14(3-5-17(15)26-20(13)23)21(30)29(12-19-24-7-2-8-25-19)11-16-4-6-18(22)28-27-16/h2-10H,11-12H2,1H3,(H2,23,26). The van der Waals surface area contributed by atoms with Gasteiger partial charge < -0.3 is 10.6 Å². The third-order valence-electron chi connectivity index (χ3n) is 4.57. The molecule has 9 heteroatoms. The van der Waals surface area contributed by atoms with E-state index in [-0.39, 0.29) is 19.0 Å². The molecule has 0 saturated carbocycles.